The summed E-state index contributed by atoms with van der Waals surface area (Å²) in [4.78, 5) is 37.8. The first-order valence-electron chi connectivity index (χ1n) is 10.4. The molecular weight excluding hydrogens is 451 g/mol. The van der Waals surface area contributed by atoms with Crippen LogP contribution in [-0.2, 0) is 23.1 Å². The lowest BCUT2D eigenvalue weighted by molar-refractivity contribution is -0.137. The molecule has 34 heavy (non-hydrogen) atoms. The van der Waals surface area contributed by atoms with Crippen LogP contribution in [0.3, 0.4) is 0 Å². The molecule has 0 bridgehead atoms. The number of carbonyl (C=O) groups excluding carboxylic acids is 3. The third-order valence-electron chi connectivity index (χ3n) is 5.60. The van der Waals surface area contributed by atoms with Gasteiger partial charge in [-0.25, -0.2) is 4.79 Å². The van der Waals surface area contributed by atoms with Crippen LogP contribution in [0.4, 0.5) is 18.0 Å². The number of nitrogens with zero attached hydrogens (tertiary/aromatic N) is 2. The zero-order chi connectivity index (χ0) is 24.5. The van der Waals surface area contributed by atoms with Gasteiger partial charge in [0.2, 0.25) is 0 Å². The number of alkyl halides is 3. The Balaban J connectivity index is 1.62. The van der Waals surface area contributed by atoms with Gasteiger partial charge in [-0.15, -0.1) is 0 Å². The van der Waals surface area contributed by atoms with Crippen molar-refractivity contribution in [1.82, 2.24) is 25.7 Å². The Bertz CT molecular complexity index is 1250. The molecule has 0 unspecified atom stereocenters. The number of imide groups is 1. The average molecular weight is 471 g/mol. The third kappa shape index (κ3) is 4.12. The number of halogens is 3. The second kappa shape index (κ2) is 8.65. The molecule has 1 fully saturated rings. The maximum Gasteiger partial charge on any atom is 0.416 e. The Kier molecular flexibility index (Phi) is 5.86. The van der Waals surface area contributed by atoms with Crippen molar-refractivity contribution >= 4 is 17.8 Å². The van der Waals surface area contributed by atoms with Crippen molar-refractivity contribution in [2.75, 3.05) is 6.54 Å². The van der Waals surface area contributed by atoms with E-state index in [0.29, 0.717) is 23.4 Å². The summed E-state index contributed by atoms with van der Waals surface area (Å²) >= 11 is 0. The van der Waals surface area contributed by atoms with Crippen molar-refractivity contribution in [2.24, 2.45) is 0 Å². The van der Waals surface area contributed by atoms with E-state index in [1.54, 1.807) is 24.3 Å². The zero-order valence-electron chi connectivity index (χ0n) is 17.9. The van der Waals surface area contributed by atoms with E-state index in [0.717, 1.165) is 12.1 Å². The van der Waals surface area contributed by atoms with Gasteiger partial charge in [-0.3, -0.25) is 19.6 Å². The lowest BCUT2D eigenvalue weighted by atomic mass is 9.94. The summed E-state index contributed by atoms with van der Waals surface area (Å²) in [6.07, 6.45) is -2.99. The smallest absolute Gasteiger partial charge is 0.349 e. The molecular formula is C23H20F3N5O3. The number of nitrogens with one attached hydrogen (secondary N) is 3. The van der Waals surface area contributed by atoms with E-state index in [2.05, 4.69) is 21.0 Å². The molecule has 4 rings (SSSR count). The summed E-state index contributed by atoms with van der Waals surface area (Å²) in [7, 11) is 0. The van der Waals surface area contributed by atoms with Crippen LogP contribution in [0.5, 0.6) is 0 Å². The van der Waals surface area contributed by atoms with Gasteiger partial charge < -0.3 is 10.6 Å². The van der Waals surface area contributed by atoms with E-state index in [1.807, 2.05) is 6.92 Å². The van der Waals surface area contributed by atoms with Gasteiger partial charge in [0.25, 0.3) is 11.8 Å². The molecule has 0 radical (unpaired) electrons. The van der Waals surface area contributed by atoms with Crippen LogP contribution in [0.1, 0.15) is 28.5 Å². The van der Waals surface area contributed by atoms with Crippen molar-refractivity contribution < 1.29 is 27.6 Å². The highest BCUT2D eigenvalue weighted by atomic mass is 19.4. The zero-order valence-corrected chi connectivity index (χ0v) is 17.9. The van der Waals surface area contributed by atoms with Gasteiger partial charge >= 0.3 is 12.2 Å². The van der Waals surface area contributed by atoms with Gasteiger partial charge in [0.15, 0.2) is 5.54 Å². The minimum atomic E-state index is -4.47. The molecule has 11 heteroatoms. The molecule has 0 aliphatic carbocycles. The van der Waals surface area contributed by atoms with Crippen LogP contribution in [0, 0.1) is 0 Å². The molecule has 1 aliphatic heterocycles. The van der Waals surface area contributed by atoms with E-state index in [4.69, 9.17) is 0 Å². The Hall–Kier alpha value is -4.15. The van der Waals surface area contributed by atoms with Gasteiger partial charge in [-0.1, -0.05) is 30.3 Å². The molecule has 2 aromatic carbocycles. The maximum absolute atomic E-state index is 13.1. The summed E-state index contributed by atoms with van der Waals surface area (Å²) in [6, 6.07) is 11.8. The first-order chi connectivity index (χ1) is 16.2. The topological polar surface area (TPSA) is 105 Å². The highest BCUT2D eigenvalue weighted by Gasteiger charge is 2.50. The van der Waals surface area contributed by atoms with Crippen LogP contribution < -0.4 is 16.0 Å². The summed E-state index contributed by atoms with van der Waals surface area (Å²) < 4.78 is 40.3. The maximum atomic E-state index is 13.1. The van der Waals surface area contributed by atoms with Crippen molar-refractivity contribution in [3.8, 4) is 11.1 Å². The Morgan fingerprint density at radius 3 is 2.41 bits per heavy atom. The fourth-order valence-corrected chi connectivity index (χ4v) is 3.91. The van der Waals surface area contributed by atoms with E-state index in [1.165, 1.54) is 29.1 Å². The normalized spacial score (nSPS) is 17.9. The highest BCUT2D eigenvalue weighted by molar-refractivity contribution is 6.08. The molecule has 0 spiro atoms. The number of rotatable bonds is 6. The highest BCUT2D eigenvalue weighted by Crippen LogP contribution is 2.32. The quantitative estimate of drug-likeness (QED) is 0.481. The second-order valence-electron chi connectivity index (χ2n) is 7.65. The van der Waals surface area contributed by atoms with Crippen LogP contribution >= 0.6 is 0 Å². The van der Waals surface area contributed by atoms with E-state index in [-0.39, 0.29) is 12.1 Å². The molecule has 1 aliphatic rings. The van der Waals surface area contributed by atoms with Gasteiger partial charge in [-0.2, -0.15) is 18.3 Å². The molecule has 0 saturated carbocycles. The molecule has 1 saturated heterocycles. The molecule has 3 aromatic rings. The minimum Gasteiger partial charge on any atom is -0.349 e. The number of aryl methyl sites for hydroxylation is 1. The number of carbonyl (C=O) groups is 3. The Morgan fingerprint density at radius 2 is 1.79 bits per heavy atom. The lowest BCUT2D eigenvalue weighted by Crippen LogP contribution is -2.53. The molecule has 3 N–H and O–H groups in total. The number of aromatic nitrogens is 2. The van der Waals surface area contributed by atoms with Crippen molar-refractivity contribution in [3.63, 3.8) is 0 Å². The fraction of sp³-hybridized carbons (Fsp3) is 0.217. The largest absolute Gasteiger partial charge is 0.416 e. The number of benzene rings is 2. The van der Waals surface area contributed by atoms with Crippen LogP contribution in [0.2, 0.25) is 0 Å². The SMILES string of the molecule is CCn1nccc1[C@@]1(CNC(=O)c2ccccc2-c2ccc(C(F)(F)F)cc2)NC(=O)NC1=O. The van der Waals surface area contributed by atoms with E-state index < -0.39 is 35.1 Å². The van der Waals surface area contributed by atoms with Crippen LogP contribution in [-0.4, -0.2) is 34.2 Å². The van der Waals surface area contributed by atoms with Gasteiger partial charge in [-0.05, 0) is 42.3 Å². The van der Waals surface area contributed by atoms with Crippen molar-refractivity contribution in [2.45, 2.75) is 25.2 Å². The molecule has 8 nitrogen and oxygen atoms in total. The summed E-state index contributed by atoms with van der Waals surface area (Å²) in [5.41, 5.74) is -0.926. The molecule has 4 amide bonds. The number of amides is 4. The number of urea groups is 1. The minimum absolute atomic E-state index is 0.200. The monoisotopic (exact) mass is 471 g/mol. The van der Waals surface area contributed by atoms with Crippen molar-refractivity contribution in [3.05, 3.63) is 77.6 Å². The lowest BCUT2D eigenvalue weighted by Gasteiger charge is -2.27. The molecule has 176 valence electrons. The second-order valence-corrected chi connectivity index (χ2v) is 7.65. The Morgan fingerprint density at radius 1 is 1.09 bits per heavy atom. The number of hydrogen-bond donors (Lipinski definition) is 3. The van der Waals surface area contributed by atoms with Gasteiger partial charge in [0, 0.05) is 18.3 Å². The van der Waals surface area contributed by atoms with Gasteiger partial charge in [0.05, 0.1) is 17.8 Å². The van der Waals surface area contributed by atoms with Crippen LogP contribution in [0.25, 0.3) is 11.1 Å². The first kappa shape index (κ1) is 23.0. The van der Waals surface area contributed by atoms with Crippen LogP contribution in [0.15, 0.2) is 60.8 Å². The number of hydrogen-bond acceptors (Lipinski definition) is 4. The molecule has 2 heterocycles. The first-order valence-corrected chi connectivity index (χ1v) is 10.4. The predicted octanol–water partition coefficient (Wildman–Crippen LogP) is 3.05. The predicted molar refractivity (Wildman–Crippen MR) is 115 cm³/mol. The third-order valence-corrected chi connectivity index (χ3v) is 5.60. The van der Waals surface area contributed by atoms with E-state index >= 15 is 0 Å². The fourth-order valence-electron chi connectivity index (χ4n) is 3.91. The van der Waals surface area contributed by atoms with Gasteiger partial charge in [0.1, 0.15) is 0 Å². The average Bonchev–Trinajstić information content (AvgIpc) is 3.41. The molecule has 1 atom stereocenters. The standard InChI is InChI=1S/C23H20F3N5O3/c1-2-31-18(11-12-28-31)22(20(33)29-21(34)30-22)13-27-19(32)17-6-4-3-5-16(17)14-7-9-15(10-8-14)23(24,25)26/h3-12H,2,13H2,1H3,(H,27,32)(H2,29,30,33,34)/t22-/m1/s1. The Labute approximate surface area is 192 Å². The van der Waals surface area contributed by atoms with E-state index in [9.17, 15) is 27.6 Å². The summed E-state index contributed by atoms with van der Waals surface area (Å²) in [5, 5.41) is 11.6. The molecule has 1 aromatic heterocycles. The summed E-state index contributed by atoms with van der Waals surface area (Å²) in [5.74, 6) is -1.20. The summed E-state index contributed by atoms with van der Waals surface area (Å²) in [6.45, 7) is 1.98. The van der Waals surface area contributed by atoms with Crippen molar-refractivity contribution in [1.29, 1.82) is 0 Å².